The van der Waals surface area contributed by atoms with E-state index < -0.39 is 161 Å². The van der Waals surface area contributed by atoms with Crippen molar-refractivity contribution in [3.63, 3.8) is 0 Å². The zero-order valence-corrected chi connectivity index (χ0v) is 75.2. The summed E-state index contributed by atoms with van der Waals surface area (Å²) in [6.45, 7) is 2.58. The molecule has 0 saturated carbocycles. The SMILES string of the molecule is C[C@@H](c1ccccc1)N(CC(N)=O)C(=O)CN(C(=O)CN(CCCCN)C(=O)CN(Cc1ccccc1)C(=O)CN(Cc1ccccc1)C(=O)CN(CCCCN)C(=O)CN(Cc1ccccc1)C(=O)CN(Cc1ccccc1)C(=O)CN(CCCCN)C(=O)CN(C(=O)CN(C(=O)CNCCCCN)[C@@H](C)c1ccccc1)[C@@H](C)c1ccccc1)[C@@H](C)c1ccccc1. The van der Waals surface area contributed by atoms with Crippen LogP contribution >= 0.6 is 0 Å². The van der Waals surface area contributed by atoms with E-state index in [1.165, 1.54) is 53.9 Å². The highest BCUT2D eigenvalue weighted by molar-refractivity contribution is 5.95. The maximum absolute atomic E-state index is 15.6. The summed E-state index contributed by atoms with van der Waals surface area (Å²) in [6.07, 6.45) is 3.94. The predicted octanol–water partition coefficient (Wildman–Crippen LogP) is 7.98. The van der Waals surface area contributed by atoms with Gasteiger partial charge < -0.3 is 87.9 Å². The summed E-state index contributed by atoms with van der Waals surface area (Å²) < 4.78 is 0. The van der Waals surface area contributed by atoms with E-state index in [0.29, 0.717) is 85.0 Å². The first-order valence-electron chi connectivity index (χ1n) is 44.7. The van der Waals surface area contributed by atoms with Crippen LogP contribution in [0.2, 0.25) is 0 Å². The Balaban J connectivity index is 1.07. The van der Waals surface area contributed by atoms with Crippen LogP contribution in [0, 0.1) is 0 Å². The second-order valence-corrected chi connectivity index (χ2v) is 32.4. The highest BCUT2D eigenvalue weighted by Gasteiger charge is 2.37. The van der Waals surface area contributed by atoms with Crippen LogP contribution < -0.4 is 34.0 Å². The fraction of sp³-hybridized carbons (Fsp3) is 0.400. The maximum Gasteiger partial charge on any atom is 0.243 e. The van der Waals surface area contributed by atoms with Gasteiger partial charge in [-0.2, -0.15) is 0 Å². The number of unbranched alkanes of at least 4 members (excludes halogenated alkanes) is 4. The van der Waals surface area contributed by atoms with E-state index in [1.807, 2.05) is 122 Å². The number of carbonyl (C=O) groups is 12. The van der Waals surface area contributed by atoms with Gasteiger partial charge in [0.05, 0.1) is 56.9 Å². The number of nitrogens with one attached hydrogen (secondary N) is 1. The Morgan fingerprint density at radius 3 is 0.705 bits per heavy atom. The van der Waals surface area contributed by atoms with Crippen molar-refractivity contribution in [3.05, 3.63) is 287 Å². The van der Waals surface area contributed by atoms with Gasteiger partial charge in [-0.3, -0.25) is 57.5 Å². The molecule has 0 fully saturated rings. The van der Waals surface area contributed by atoms with Crippen molar-refractivity contribution < 1.29 is 57.5 Å². The van der Waals surface area contributed by atoms with E-state index in [4.69, 9.17) is 28.7 Å². The molecule has 8 aromatic carbocycles. The van der Waals surface area contributed by atoms with Gasteiger partial charge in [0.25, 0.3) is 0 Å². The Bertz CT molecular complexity index is 4750. The summed E-state index contributed by atoms with van der Waals surface area (Å²) in [5.41, 5.74) is 35.2. The van der Waals surface area contributed by atoms with Crippen LogP contribution in [-0.2, 0) is 83.7 Å². The van der Waals surface area contributed by atoms with Crippen LogP contribution in [0.25, 0.3) is 0 Å². The Kier molecular flexibility index (Phi) is 43.4. The molecule has 11 N–H and O–H groups in total. The van der Waals surface area contributed by atoms with Gasteiger partial charge in [-0.05, 0) is 156 Å². The molecule has 129 heavy (non-hydrogen) atoms. The largest absolute Gasteiger partial charge is 0.368 e. The standard InChI is InChI=1S/C100H131N17O12/c1-77(85-45-21-9-22-46-85)114(66-89(105)118)99(128)76-117(80(4)88-51-27-12-28-52-88)98(127)73-109(60-36-32-56-104)92(121)70-111(63-82-39-15-6-16-40-82)96(125)71-112(64-83-41-17-7-18-42-83)93(122)67-107(58-34-30-54-102)91(120)69-110(62-81-37-13-5-14-38-81)95(124)72-113(65-84-43-19-8-20-44-84)94(123)68-108(59-35-31-55-103)97(126)74-116(79(3)87-49-25-11-26-50-87)100(129)75-115(78(2)86-47-23-10-24-48-86)90(119)61-106-57-33-29-53-101/h5-28,37-52,77-80,106H,29-36,53-76,101-104H2,1-4H3,(H2,105,118)/t77-,78-,79-,80-/m0/s1. The van der Waals surface area contributed by atoms with Crippen LogP contribution in [0.1, 0.15) is 148 Å². The van der Waals surface area contributed by atoms with Crippen molar-refractivity contribution in [3.8, 4) is 0 Å². The number of hydrogen-bond donors (Lipinski definition) is 6. The van der Waals surface area contributed by atoms with E-state index in [1.54, 1.807) is 148 Å². The first-order chi connectivity index (χ1) is 62.4. The van der Waals surface area contributed by atoms with Crippen LogP contribution in [0.3, 0.4) is 0 Å². The number of benzene rings is 8. The number of nitrogens with two attached hydrogens (primary N) is 5. The zero-order valence-electron chi connectivity index (χ0n) is 75.2. The van der Waals surface area contributed by atoms with Gasteiger partial charge in [0.2, 0.25) is 70.9 Å². The molecule has 0 unspecified atom stereocenters. The third kappa shape index (κ3) is 33.7. The topological polar surface area (TPSA) is 383 Å². The van der Waals surface area contributed by atoms with Crippen molar-refractivity contribution in [2.24, 2.45) is 28.7 Å². The number of rotatable bonds is 56. The lowest BCUT2D eigenvalue weighted by molar-refractivity contribution is -0.150. The normalized spacial score (nSPS) is 11.9. The van der Waals surface area contributed by atoms with E-state index in [2.05, 4.69) is 5.32 Å². The van der Waals surface area contributed by atoms with Gasteiger partial charge in [-0.1, -0.05) is 243 Å². The molecule has 688 valence electrons. The summed E-state index contributed by atoms with van der Waals surface area (Å²) in [6, 6.07) is 69.9. The number of hydrogen-bond acceptors (Lipinski definition) is 17. The molecule has 4 atom stereocenters. The molecule has 0 spiro atoms. The van der Waals surface area contributed by atoms with Gasteiger partial charge >= 0.3 is 0 Å². The molecule has 0 aromatic heterocycles. The van der Waals surface area contributed by atoms with Crippen LogP contribution in [-0.4, -0.2) is 256 Å². The molecule has 0 saturated heterocycles. The third-order valence-corrected chi connectivity index (χ3v) is 22.9. The average Bonchev–Trinajstić information content (AvgIpc) is 0.822. The van der Waals surface area contributed by atoms with Crippen molar-refractivity contribution in [2.45, 2.75) is 129 Å². The van der Waals surface area contributed by atoms with Gasteiger partial charge in [-0.25, -0.2) is 0 Å². The van der Waals surface area contributed by atoms with Crippen LogP contribution in [0.5, 0.6) is 0 Å². The molecule has 29 heteroatoms. The minimum absolute atomic E-state index is 0.0137. The summed E-state index contributed by atoms with van der Waals surface area (Å²) in [4.78, 5) is 196. The van der Waals surface area contributed by atoms with E-state index in [0.717, 1.165) is 24.0 Å². The van der Waals surface area contributed by atoms with Crippen LogP contribution in [0.15, 0.2) is 243 Å². The molecule has 0 aliphatic rings. The van der Waals surface area contributed by atoms with E-state index in [9.17, 15) is 14.4 Å². The second-order valence-electron chi connectivity index (χ2n) is 32.4. The highest BCUT2D eigenvalue weighted by Crippen LogP contribution is 2.28. The molecule has 0 bridgehead atoms. The summed E-state index contributed by atoms with van der Waals surface area (Å²) in [7, 11) is 0. The smallest absolute Gasteiger partial charge is 0.243 e. The zero-order chi connectivity index (χ0) is 92.8. The monoisotopic (exact) mass is 1760 g/mol. The molecule has 8 aromatic rings. The maximum atomic E-state index is 15.6. The predicted molar refractivity (Wildman–Crippen MR) is 499 cm³/mol. The lowest BCUT2D eigenvalue weighted by Crippen LogP contribution is -2.53. The lowest BCUT2D eigenvalue weighted by atomic mass is 10.1. The summed E-state index contributed by atoms with van der Waals surface area (Å²) >= 11 is 0. The van der Waals surface area contributed by atoms with Gasteiger partial charge in [-0.15, -0.1) is 0 Å². The quantitative estimate of drug-likeness (QED) is 0.0197. The summed E-state index contributed by atoms with van der Waals surface area (Å²) in [5.74, 6) is -7.28. The first-order valence-corrected chi connectivity index (χ1v) is 44.7. The van der Waals surface area contributed by atoms with E-state index in [-0.39, 0.29) is 77.9 Å². The van der Waals surface area contributed by atoms with Crippen molar-refractivity contribution in [1.29, 1.82) is 0 Å². The van der Waals surface area contributed by atoms with Crippen molar-refractivity contribution >= 4 is 70.9 Å². The molecule has 8 rings (SSSR count). The molecule has 0 heterocycles. The van der Waals surface area contributed by atoms with Crippen molar-refractivity contribution in [2.75, 3.05) is 131 Å². The molecular formula is C100H131N17O12. The average molecular weight is 1760 g/mol. The van der Waals surface area contributed by atoms with Crippen LogP contribution in [0.4, 0.5) is 0 Å². The first kappa shape index (κ1) is 102. The molecule has 29 nitrogen and oxygen atoms in total. The molecular weight excluding hydrogens is 1630 g/mol. The lowest BCUT2D eigenvalue weighted by Gasteiger charge is -2.36. The van der Waals surface area contributed by atoms with Crippen molar-refractivity contribution in [1.82, 2.24) is 59.2 Å². The summed E-state index contributed by atoms with van der Waals surface area (Å²) in [5, 5.41) is 3.21. The second kappa shape index (κ2) is 55.1. The third-order valence-electron chi connectivity index (χ3n) is 22.9. The Morgan fingerprint density at radius 1 is 0.240 bits per heavy atom. The fourth-order valence-corrected chi connectivity index (χ4v) is 15.2. The molecule has 0 aliphatic carbocycles. The minimum Gasteiger partial charge on any atom is -0.368 e. The molecule has 0 radical (unpaired) electrons. The number of amides is 12. The fourth-order valence-electron chi connectivity index (χ4n) is 15.2. The number of primary amides is 1. The van der Waals surface area contributed by atoms with Gasteiger partial charge in [0, 0.05) is 45.8 Å². The molecule has 0 aliphatic heterocycles. The minimum atomic E-state index is -0.761. The Morgan fingerprint density at radius 2 is 0.442 bits per heavy atom. The molecule has 12 amide bonds. The Labute approximate surface area is 759 Å². The van der Waals surface area contributed by atoms with Gasteiger partial charge in [0.1, 0.15) is 45.8 Å². The Hall–Kier alpha value is -12.8. The number of carbonyl (C=O) groups excluding carboxylic acids is 12. The number of nitrogens with zero attached hydrogens (tertiary/aromatic N) is 11. The van der Waals surface area contributed by atoms with Gasteiger partial charge in [0.15, 0.2) is 0 Å². The highest BCUT2D eigenvalue weighted by atomic mass is 16.2. The van der Waals surface area contributed by atoms with E-state index >= 15 is 43.2 Å².